The number of aryl methyl sites for hydroxylation is 1. The van der Waals surface area contributed by atoms with Crippen LogP contribution in [0.4, 0.5) is 0 Å². The van der Waals surface area contributed by atoms with Crippen LogP contribution in [0.3, 0.4) is 0 Å². The van der Waals surface area contributed by atoms with Gasteiger partial charge in [-0.3, -0.25) is 14.9 Å². The third-order valence-electron chi connectivity index (χ3n) is 1.47. The highest BCUT2D eigenvalue weighted by Gasteiger charge is 2.02. The maximum absolute atomic E-state index is 11.1. The molecular weight excluding hydrogens is 154 g/mol. The zero-order chi connectivity index (χ0) is 8.97. The average Bonchev–Trinajstić information content (AvgIpc) is 2.05. The molecule has 0 saturated carbocycles. The molecule has 0 aromatic heterocycles. The van der Waals surface area contributed by atoms with Crippen LogP contribution in [0.2, 0.25) is 0 Å². The third kappa shape index (κ3) is 1.92. The maximum Gasteiger partial charge on any atom is 0.257 e. The van der Waals surface area contributed by atoms with Gasteiger partial charge in [0.1, 0.15) is 0 Å². The molecule has 0 aliphatic rings. The SMILES string of the molecule is Cc1cccc(C(=O)NC=O)c1. The van der Waals surface area contributed by atoms with Gasteiger partial charge in [0, 0.05) is 5.56 Å². The Kier molecular flexibility index (Phi) is 2.58. The van der Waals surface area contributed by atoms with E-state index in [4.69, 9.17) is 0 Å². The molecule has 0 aliphatic carbocycles. The van der Waals surface area contributed by atoms with Crippen molar-refractivity contribution in [1.29, 1.82) is 0 Å². The first-order valence-electron chi connectivity index (χ1n) is 3.55. The van der Waals surface area contributed by atoms with E-state index in [0.717, 1.165) is 5.56 Å². The van der Waals surface area contributed by atoms with E-state index < -0.39 is 0 Å². The van der Waals surface area contributed by atoms with Crippen molar-refractivity contribution in [3.63, 3.8) is 0 Å². The summed E-state index contributed by atoms with van der Waals surface area (Å²) in [6, 6.07) is 7.04. The highest BCUT2D eigenvalue weighted by atomic mass is 16.2. The van der Waals surface area contributed by atoms with Gasteiger partial charge in [-0.25, -0.2) is 0 Å². The van der Waals surface area contributed by atoms with Crippen molar-refractivity contribution in [2.45, 2.75) is 6.92 Å². The monoisotopic (exact) mass is 163 g/mol. The van der Waals surface area contributed by atoms with E-state index in [-0.39, 0.29) is 5.91 Å². The van der Waals surface area contributed by atoms with E-state index >= 15 is 0 Å². The number of hydrogen-bond acceptors (Lipinski definition) is 2. The Labute approximate surface area is 70.4 Å². The highest BCUT2D eigenvalue weighted by molar-refractivity contribution is 5.99. The van der Waals surface area contributed by atoms with Gasteiger partial charge in [-0.05, 0) is 19.1 Å². The van der Waals surface area contributed by atoms with Crippen LogP contribution in [0.25, 0.3) is 0 Å². The van der Waals surface area contributed by atoms with Crippen LogP contribution in [-0.4, -0.2) is 12.3 Å². The second-order valence-electron chi connectivity index (χ2n) is 2.46. The highest BCUT2D eigenvalue weighted by Crippen LogP contribution is 2.02. The second kappa shape index (κ2) is 3.67. The first-order chi connectivity index (χ1) is 5.74. The number of amides is 2. The molecular formula is C9H9NO2. The van der Waals surface area contributed by atoms with E-state index in [2.05, 4.69) is 5.32 Å². The van der Waals surface area contributed by atoms with Crippen molar-refractivity contribution in [2.75, 3.05) is 0 Å². The van der Waals surface area contributed by atoms with Crippen molar-refractivity contribution < 1.29 is 9.59 Å². The molecule has 0 heterocycles. The zero-order valence-corrected chi connectivity index (χ0v) is 6.70. The number of rotatable bonds is 2. The van der Waals surface area contributed by atoms with Gasteiger partial charge in [0.15, 0.2) is 0 Å². The Balaban J connectivity index is 2.87. The van der Waals surface area contributed by atoms with Crippen molar-refractivity contribution in [2.24, 2.45) is 0 Å². The predicted molar refractivity (Wildman–Crippen MR) is 44.7 cm³/mol. The minimum absolute atomic E-state index is 0.367. The molecule has 0 aliphatic heterocycles. The minimum Gasteiger partial charge on any atom is -0.295 e. The lowest BCUT2D eigenvalue weighted by molar-refractivity contribution is -0.108. The van der Waals surface area contributed by atoms with Gasteiger partial charge in [0.25, 0.3) is 5.91 Å². The normalized spacial score (nSPS) is 9.08. The fourth-order valence-electron chi connectivity index (χ4n) is 0.923. The van der Waals surface area contributed by atoms with Crippen LogP contribution >= 0.6 is 0 Å². The van der Waals surface area contributed by atoms with Gasteiger partial charge in [0.2, 0.25) is 6.41 Å². The summed E-state index contributed by atoms with van der Waals surface area (Å²) in [7, 11) is 0. The Hall–Kier alpha value is -1.64. The lowest BCUT2D eigenvalue weighted by Gasteiger charge is -1.98. The standard InChI is InChI=1S/C9H9NO2/c1-7-3-2-4-8(5-7)9(12)10-6-11/h2-6H,1H3,(H,10,11,12). The first-order valence-corrected chi connectivity index (χ1v) is 3.55. The molecule has 12 heavy (non-hydrogen) atoms. The fourth-order valence-corrected chi connectivity index (χ4v) is 0.923. The fraction of sp³-hybridized carbons (Fsp3) is 0.111. The zero-order valence-electron chi connectivity index (χ0n) is 6.70. The van der Waals surface area contributed by atoms with E-state index in [9.17, 15) is 9.59 Å². The van der Waals surface area contributed by atoms with Gasteiger partial charge < -0.3 is 0 Å². The van der Waals surface area contributed by atoms with Crippen LogP contribution in [0.15, 0.2) is 24.3 Å². The van der Waals surface area contributed by atoms with Crippen LogP contribution < -0.4 is 5.32 Å². The second-order valence-corrected chi connectivity index (χ2v) is 2.46. The molecule has 3 heteroatoms. The summed E-state index contributed by atoms with van der Waals surface area (Å²) in [5.74, 6) is -0.367. The first kappa shape index (κ1) is 8.46. The number of nitrogens with one attached hydrogen (secondary N) is 1. The molecule has 0 bridgehead atoms. The molecule has 1 aromatic rings. The van der Waals surface area contributed by atoms with Crippen molar-refractivity contribution in [3.05, 3.63) is 35.4 Å². The topological polar surface area (TPSA) is 46.2 Å². The largest absolute Gasteiger partial charge is 0.295 e. The summed E-state index contributed by atoms with van der Waals surface area (Å²) in [4.78, 5) is 21.0. The molecule has 1 aromatic carbocycles. The average molecular weight is 163 g/mol. The van der Waals surface area contributed by atoms with Gasteiger partial charge >= 0.3 is 0 Å². The number of imide groups is 1. The summed E-state index contributed by atoms with van der Waals surface area (Å²) < 4.78 is 0. The quantitative estimate of drug-likeness (QED) is 0.658. The number of benzene rings is 1. The molecule has 1 rings (SSSR count). The molecule has 62 valence electrons. The van der Waals surface area contributed by atoms with E-state index in [0.29, 0.717) is 12.0 Å². The number of carbonyl (C=O) groups excluding carboxylic acids is 2. The molecule has 1 N–H and O–H groups in total. The Morgan fingerprint density at radius 3 is 2.83 bits per heavy atom. The maximum atomic E-state index is 11.1. The number of carbonyl (C=O) groups is 2. The minimum atomic E-state index is -0.367. The molecule has 0 fully saturated rings. The smallest absolute Gasteiger partial charge is 0.257 e. The van der Waals surface area contributed by atoms with E-state index in [1.54, 1.807) is 18.2 Å². The molecule has 0 radical (unpaired) electrons. The summed E-state index contributed by atoms with van der Waals surface area (Å²) in [5.41, 5.74) is 1.50. The lowest BCUT2D eigenvalue weighted by Crippen LogP contribution is -2.21. The van der Waals surface area contributed by atoms with Crippen molar-refractivity contribution in [1.82, 2.24) is 5.32 Å². The Bertz CT molecular complexity index is 307. The van der Waals surface area contributed by atoms with Gasteiger partial charge in [-0.15, -0.1) is 0 Å². The third-order valence-corrected chi connectivity index (χ3v) is 1.47. The van der Waals surface area contributed by atoms with E-state index in [1.165, 1.54) is 0 Å². The molecule has 0 saturated heterocycles. The van der Waals surface area contributed by atoms with E-state index in [1.807, 2.05) is 13.0 Å². The Morgan fingerprint density at radius 2 is 2.25 bits per heavy atom. The summed E-state index contributed by atoms with van der Waals surface area (Å²) in [6.45, 7) is 1.89. The van der Waals surface area contributed by atoms with Crippen LogP contribution in [0.1, 0.15) is 15.9 Å². The molecule has 0 spiro atoms. The van der Waals surface area contributed by atoms with Crippen molar-refractivity contribution in [3.8, 4) is 0 Å². The van der Waals surface area contributed by atoms with Gasteiger partial charge in [0.05, 0.1) is 0 Å². The lowest BCUT2D eigenvalue weighted by atomic mass is 10.1. The summed E-state index contributed by atoms with van der Waals surface area (Å²) >= 11 is 0. The summed E-state index contributed by atoms with van der Waals surface area (Å²) in [5, 5.41) is 2.07. The van der Waals surface area contributed by atoms with Gasteiger partial charge in [-0.1, -0.05) is 17.7 Å². The molecule has 3 nitrogen and oxygen atoms in total. The van der Waals surface area contributed by atoms with Gasteiger partial charge in [-0.2, -0.15) is 0 Å². The van der Waals surface area contributed by atoms with Crippen LogP contribution in [-0.2, 0) is 4.79 Å². The Morgan fingerprint density at radius 1 is 1.50 bits per heavy atom. The van der Waals surface area contributed by atoms with Crippen LogP contribution in [0.5, 0.6) is 0 Å². The number of hydrogen-bond donors (Lipinski definition) is 1. The van der Waals surface area contributed by atoms with Crippen LogP contribution in [0, 0.1) is 6.92 Å². The molecule has 0 unspecified atom stereocenters. The van der Waals surface area contributed by atoms with Crippen molar-refractivity contribution >= 4 is 12.3 Å². The molecule has 0 atom stereocenters. The summed E-state index contributed by atoms with van der Waals surface area (Å²) in [6.07, 6.45) is 0.380. The molecule has 2 amide bonds. The predicted octanol–water partition coefficient (Wildman–Crippen LogP) is 0.881.